The average Bonchev–Trinajstić information content (AvgIpc) is 2.91. The van der Waals surface area contributed by atoms with Gasteiger partial charge in [-0.25, -0.2) is 13.4 Å². The second kappa shape index (κ2) is 5.02. The van der Waals surface area contributed by atoms with Gasteiger partial charge in [0.2, 0.25) is 15.7 Å². The monoisotopic (exact) mass is 296 g/mol. The van der Waals surface area contributed by atoms with E-state index in [9.17, 15) is 8.42 Å². The fraction of sp³-hybridized carbons (Fsp3) is 0.500. The third-order valence-electron chi connectivity index (χ3n) is 3.42. The van der Waals surface area contributed by atoms with Gasteiger partial charge in [-0.1, -0.05) is 0 Å². The van der Waals surface area contributed by atoms with E-state index in [0.29, 0.717) is 43.4 Å². The van der Waals surface area contributed by atoms with Gasteiger partial charge in [-0.2, -0.15) is 9.29 Å². The number of hydrogen-bond donors (Lipinski definition) is 0. The number of fused-ring (bicyclic) bond motifs is 1. The third kappa shape index (κ3) is 2.36. The van der Waals surface area contributed by atoms with E-state index in [1.54, 1.807) is 19.2 Å². The molecule has 0 aliphatic carbocycles. The first-order valence-electron chi connectivity index (χ1n) is 6.54. The van der Waals surface area contributed by atoms with E-state index in [1.165, 1.54) is 4.31 Å². The summed E-state index contributed by atoms with van der Waals surface area (Å²) in [6, 6.07) is 4.12. The van der Waals surface area contributed by atoms with Crippen LogP contribution in [0.2, 0.25) is 0 Å². The smallest absolute Gasteiger partial charge is 0.300 e. The molecule has 0 saturated carbocycles. The number of piperazine rings is 1. The van der Waals surface area contributed by atoms with Gasteiger partial charge in [0.1, 0.15) is 0 Å². The Morgan fingerprint density at radius 3 is 2.70 bits per heavy atom. The summed E-state index contributed by atoms with van der Waals surface area (Å²) in [6.45, 7) is 3.73. The molecule has 108 valence electrons. The number of rotatable bonds is 3. The van der Waals surface area contributed by atoms with E-state index >= 15 is 0 Å². The second-order valence-corrected chi connectivity index (χ2v) is 6.87. The maximum Gasteiger partial charge on any atom is 0.300 e. The largest absolute Gasteiger partial charge is 0.422 e. The van der Waals surface area contributed by atoms with Crippen LogP contribution in [-0.4, -0.2) is 54.6 Å². The van der Waals surface area contributed by atoms with E-state index in [1.807, 2.05) is 11.0 Å². The summed E-state index contributed by atoms with van der Waals surface area (Å²) >= 11 is 0. The first-order chi connectivity index (χ1) is 9.60. The fourth-order valence-corrected chi connectivity index (χ4v) is 3.32. The van der Waals surface area contributed by atoms with Gasteiger partial charge in [0.15, 0.2) is 5.58 Å². The molecule has 0 amide bonds. The van der Waals surface area contributed by atoms with Crippen LogP contribution in [-0.2, 0) is 10.0 Å². The molecule has 3 rings (SSSR count). The molecule has 0 spiro atoms. The van der Waals surface area contributed by atoms with Gasteiger partial charge in [0, 0.05) is 32.4 Å². The standard InChI is InChI=1S/C12H16N4O3S/c1-2-20(17,18)16-8-6-15(7-9-16)12-14-11-10(19-12)4-3-5-13-11/h3-5H,2,6-9H2,1H3. The molecule has 1 fully saturated rings. The van der Waals surface area contributed by atoms with Crippen LogP contribution in [0.15, 0.2) is 22.7 Å². The van der Waals surface area contributed by atoms with Crippen LogP contribution in [0.4, 0.5) is 6.01 Å². The molecule has 0 bridgehead atoms. The van der Waals surface area contributed by atoms with E-state index in [2.05, 4.69) is 9.97 Å². The van der Waals surface area contributed by atoms with Gasteiger partial charge < -0.3 is 9.32 Å². The molecule has 1 aliphatic rings. The Morgan fingerprint density at radius 1 is 1.30 bits per heavy atom. The quantitative estimate of drug-likeness (QED) is 0.829. The maximum absolute atomic E-state index is 11.8. The first-order valence-corrected chi connectivity index (χ1v) is 8.15. The zero-order chi connectivity index (χ0) is 14.2. The molecular formula is C12H16N4O3S. The summed E-state index contributed by atoms with van der Waals surface area (Å²) < 4.78 is 30.8. The summed E-state index contributed by atoms with van der Waals surface area (Å²) in [5, 5.41) is 0. The Morgan fingerprint density at radius 2 is 2.05 bits per heavy atom. The summed E-state index contributed by atoms with van der Waals surface area (Å²) in [5.74, 6) is 0.139. The molecule has 1 saturated heterocycles. The highest BCUT2D eigenvalue weighted by Crippen LogP contribution is 2.21. The molecule has 2 aromatic rings. The summed E-state index contributed by atoms with van der Waals surface area (Å²) in [4.78, 5) is 10.4. The third-order valence-corrected chi connectivity index (χ3v) is 5.30. The highest BCUT2D eigenvalue weighted by molar-refractivity contribution is 7.89. The van der Waals surface area contributed by atoms with Crippen molar-refractivity contribution in [3.63, 3.8) is 0 Å². The minimum atomic E-state index is -3.11. The SMILES string of the molecule is CCS(=O)(=O)N1CCN(c2nc3ncccc3o2)CC1. The van der Waals surface area contributed by atoms with E-state index < -0.39 is 10.0 Å². The van der Waals surface area contributed by atoms with Gasteiger partial charge in [-0.15, -0.1) is 0 Å². The van der Waals surface area contributed by atoms with Crippen molar-refractivity contribution in [1.29, 1.82) is 0 Å². The summed E-state index contributed by atoms with van der Waals surface area (Å²) in [6.07, 6.45) is 1.67. The van der Waals surface area contributed by atoms with Crippen LogP contribution < -0.4 is 4.90 Å². The van der Waals surface area contributed by atoms with E-state index in [-0.39, 0.29) is 5.75 Å². The molecule has 20 heavy (non-hydrogen) atoms. The Kier molecular flexibility index (Phi) is 3.35. The van der Waals surface area contributed by atoms with Gasteiger partial charge in [0.25, 0.3) is 6.01 Å². The minimum Gasteiger partial charge on any atom is -0.422 e. The fourth-order valence-electron chi connectivity index (χ4n) is 2.23. The Balaban J connectivity index is 1.75. The topological polar surface area (TPSA) is 79.5 Å². The van der Waals surface area contributed by atoms with Crippen molar-refractivity contribution >= 4 is 27.3 Å². The van der Waals surface area contributed by atoms with Crippen LogP contribution >= 0.6 is 0 Å². The number of oxazole rings is 1. The molecule has 8 heteroatoms. The van der Waals surface area contributed by atoms with Crippen LogP contribution in [0, 0.1) is 0 Å². The number of aromatic nitrogens is 2. The molecule has 0 unspecified atom stereocenters. The lowest BCUT2D eigenvalue weighted by molar-refractivity contribution is 0.374. The van der Waals surface area contributed by atoms with Crippen molar-refractivity contribution in [1.82, 2.24) is 14.3 Å². The number of pyridine rings is 1. The summed E-state index contributed by atoms with van der Waals surface area (Å²) in [7, 11) is -3.11. The predicted octanol–water partition coefficient (Wildman–Crippen LogP) is 0.694. The Hall–Kier alpha value is -1.67. The lowest BCUT2D eigenvalue weighted by Crippen LogP contribution is -2.49. The number of sulfonamides is 1. The average molecular weight is 296 g/mol. The molecule has 0 N–H and O–H groups in total. The molecule has 3 heterocycles. The number of hydrogen-bond acceptors (Lipinski definition) is 6. The molecule has 0 radical (unpaired) electrons. The van der Waals surface area contributed by atoms with Crippen molar-refractivity contribution in [2.75, 3.05) is 36.8 Å². The van der Waals surface area contributed by atoms with Crippen LogP contribution in [0.3, 0.4) is 0 Å². The lowest BCUT2D eigenvalue weighted by Gasteiger charge is -2.32. The van der Waals surface area contributed by atoms with E-state index in [4.69, 9.17) is 4.42 Å². The summed E-state index contributed by atoms with van der Waals surface area (Å²) in [5.41, 5.74) is 1.22. The van der Waals surface area contributed by atoms with Crippen molar-refractivity contribution in [2.45, 2.75) is 6.92 Å². The molecule has 0 atom stereocenters. The highest BCUT2D eigenvalue weighted by atomic mass is 32.2. The molecule has 7 nitrogen and oxygen atoms in total. The minimum absolute atomic E-state index is 0.139. The van der Waals surface area contributed by atoms with Gasteiger partial charge >= 0.3 is 0 Å². The van der Waals surface area contributed by atoms with Gasteiger partial charge in [-0.3, -0.25) is 0 Å². The van der Waals surface area contributed by atoms with Crippen LogP contribution in [0.5, 0.6) is 0 Å². The molecule has 2 aromatic heterocycles. The normalized spacial score (nSPS) is 17.8. The predicted molar refractivity (Wildman–Crippen MR) is 75.1 cm³/mol. The van der Waals surface area contributed by atoms with Crippen molar-refractivity contribution in [2.24, 2.45) is 0 Å². The Bertz CT molecular complexity index is 671. The van der Waals surface area contributed by atoms with E-state index in [0.717, 1.165) is 0 Å². The lowest BCUT2D eigenvalue weighted by atomic mass is 10.4. The first kappa shape index (κ1) is 13.3. The number of nitrogens with zero attached hydrogens (tertiary/aromatic N) is 4. The second-order valence-electron chi connectivity index (χ2n) is 4.61. The molecule has 1 aliphatic heterocycles. The van der Waals surface area contributed by atoms with Crippen molar-refractivity contribution < 1.29 is 12.8 Å². The Labute approximate surface area is 117 Å². The zero-order valence-corrected chi connectivity index (χ0v) is 12.0. The molecular weight excluding hydrogens is 280 g/mol. The zero-order valence-electron chi connectivity index (χ0n) is 11.2. The maximum atomic E-state index is 11.8. The highest BCUT2D eigenvalue weighted by Gasteiger charge is 2.27. The van der Waals surface area contributed by atoms with Crippen LogP contribution in [0.25, 0.3) is 11.2 Å². The van der Waals surface area contributed by atoms with Crippen molar-refractivity contribution in [3.05, 3.63) is 18.3 Å². The van der Waals surface area contributed by atoms with Gasteiger partial charge in [-0.05, 0) is 19.1 Å². The number of anilines is 1. The van der Waals surface area contributed by atoms with Crippen molar-refractivity contribution in [3.8, 4) is 0 Å². The van der Waals surface area contributed by atoms with Gasteiger partial charge in [0.05, 0.1) is 5.75 Å². The van der Waals surface area contributed by atoms with Crippen LogP contribution in [0.1, 0.15) is 6.92 Å². The molecule has 0 aromatic carbocycles.